The summed E-state index contributed by atoms with van der Waals surface area (Å²) >= 11 is 0. The molecular weight excluding hydrogens is 588 g/mol. The zero-order valence-corrected chi connectivity index (χ0v) is 25.5. The van der Waals surface area contributed by atoms with Gasteiger partial charge in [0.2, 0.25) is 11.5 Å². The molecule has 0 aliphatic heterocycles. The molecule has 0 fully saturated rings. The van der Waals surface area contributed by atoms with Crippen molar-refractivity contribution < 1.29 is 29.3 Å². The third kappa shape index (κ3) is 7.40. The molecule has 6 aromatic carbocycles. The number of hydrogen-bond donors (Lipinski definition) is 2. The summed E-state index contributed by atoms with van der Waals surface area (Å²) in [5.74, 6) is -2.60. The Morgan fingerprint density at radius 1 is 0.489 bits per heavy atom. The van der Waals surface area contributed by atoms with Gasteiger partial charge in [0.1, 0.15) is 13.2 Å². The Labute approximate surface area is 272 Å². The van der Waals surface area contributed by atoms with Crippen LogP contribution in [0.1, 0.15) is 33.4 Å². The predicted molar refractivity (Wildman–Crippen MR) is 184 cm³/mol. The second kappa shape index (κ2) is 14.3. The third-order valence-corrected chi connectivity index (χ3v) is 8.01. The molecule has 0 radical (unpaired) electrons. The molecule has 0 aliphatic rings. The summed E-state index contributed by atoms with van der Waals surface area (Å²) in [5, 5.41) is 24.0. The molecule has 6 nitrogen and oxygen atoms in total. The van der Waals surface area contributed by atoms with E-state index in [9.17, 15) is 19.8 Å². The molecular formula is C41H32O6. The second-order valence-corrected chi connectivity index (χ2v) is 11.1. The number of carboxylic acids is 2. The maximum Gasteiger partial charge on any atom is 0.371 e. The van der Waals surface area contributed by atoms with Crippen LogP contribution in [0.3, 0.4) is 0 Å². The Morgan fingerprint density at radius 3 is 1.28 bits per heavy atom. The first-order chi connectivity index (χ1) is 23.0. The van der Waals surface area contributed by atoms with Gasteiger partial charge in [0.05, 0.1) is 0 Å². The minimum Gasteiger partial charge on any atom is -0.482 e. The van der Waals surface area contributed by atoms with Gasteiger partial charge in [-0.2, -0.15) is 0 Å². The smallest absolute Gasteiger partial charge is 0.371 e. The van der Waals surface area contributed by atoms with Gasteiger partial charge in [-0.05, 0) is 73.5 Å². The average molecular weight is 621 g/mol. The lowest BCUT2D eigenvalue weighted by Crippen LogP contribution is -2.09. The van der Waals surface area contributed by atoms with Crippen molar-refractivity contribution in [3.63, 3.8) is 0 Å². The van der Waals surface area contributed by atoms with Crippen molar-refractivity contribution in [2.24, 2.45) is 0 Å². The summed E-state index contributed by atoms with van der Waals surface area (Å²) in [6.07, 6.45) is 3.52. The topological polar surface area (TPSA) is 93.1 Å². The molecule has 6 rings (SSSR count). The first kappa shape index (κ1) is 30.9. The fourth-order valence-electron chi connectivity index (χ4n) is 5.67. The molecule has 0 aromatic heterocycles. The van der Waals surface area contributed by atoms with E-state index in [2.05, 4.69) is 12.1 Å². The maximum atomic E-state index is 12.1. The quantitative estimate of drug-likeness (QED) is 0.105. The Hall–Kier alpha value is -6.14. The van der Waals surface area contributed by atoms with Gasteiger partial charge in [0.15, 0.2) is 0 Å². The lowest BCUT2D eigenvalue weighted by Gasteiger charge is -2.19. The van der Waals surface area contributed by atoms with Crippen molar-refractivity contribution in [2.45, 2.75) is 19.6 Å². The highest BCUT2D eigenvalue weighted by molar-refractivity contribution is 5.92. The number of carbonyl (C=O) groups is 2. The zero-order chi connectivity index (χ0) is 32.6. The van der Waals surface area contributed by atoms with Crippen molar-refractivity contribution in [1.82, 2.24) is 0 Å². The molecule has 0 saturated heterocycles. The highest BCUT2D eigenvalue weighted by Crippen LogP contribution is 2.32. The van der Waals surface area contributed by atoms with E-state index in [1.54, 1.807) is 0 Å². The average Bonchev–Trinajstić information content (AvgIpc) is 3.10. The molecule has 0 bridgehead atoms. The van der Waals surface area contributed by atoms with Crippen LogP contribution in [0.25, 0.3) is 33.7 Å². The molecule has 0 spiro atoms. The summed E-state index contributed by atoms with van der Waals surface area (Å²) in [6.45, 7) is 0.0927. The van der Waals surface area contributed by atoms with E-state index in [1.165, 1.54) is 12.2 Å². The second-order valence-electron chi connectivity index (χ2n) is 11.1. The fourth-order valence-corrected chi connectivity index (χ4v) is 5.67. The van der Waals surface area contributed by atoms with Crippen LogP contribution >= 0.6 is 0 Å². The van der Waals surface area contributed by atoms with Crippen LogP contribution in [0.5, 0.6) is 0 Å². The number of fused-ring (bicyclic) bond motifs is 2. The monoisotopic (exact) mass is 620 g/mol. The summed E-state index contributed by atoms with van der Waals surface area (Å²) in [7, 11) is 0. The minimum absolute atomic E-state index is 0.0463. The lowest BCUT2D eigenvalue weighted by atomic mass is 9.89. The zero-order valence-electron chi connectivity index (χ0n) is 25.5. The summed E-state index contributed by atoms with van der Waals surface area (Å²) < 4.78 is 11.9. The van der Waals surface area contributed by atoms with E-state index < -0.39 is 11.9 Å². The summed E-state index contributed by atoms with van der Waals surface area (Å²) in [4.78, 5) is 24.3. The van der Waals surface area contributed by atoms with Crippen molar-refractivity contribution in [3.8, 4) is 0 Å². The van der Waals surface area contributed by atoms with Gasteiger partial charge in [0.25, 0.3) is 0 Å². The van der Waals surface area contributed by atoms with Crippen molar-refractivity contribution >= 4 is 45.6 Å². The number of rotatable bonds is 12. The fraction of sp³-hybridized carbons (Fsp3) is 0.0732. The van der Waals surface area contributed by atoms with Crippen LogP contribution in [-0.2, 0) is 38.7 Å². The molecule has 6 heteroatoms. The maximum absolute atomic E-state index is 12.1. The lowest BCUT2D eigenvalue weighted by molar-refractivity contribution is -0.137. The number of hydrogen-bond acceptors (Lipinski definition) is 4. The standard InChI is InChI=1S/C41H32O6/c42-40(43)38(23-28-11-3-1-4-12-28)46-26-32-21-19-30-15-7-9-17-34(30)36(32)25-37-33(22-20-31-16-8-10-18-35(31)37)27-47-39(41(44)45)24-29-13-5-2-6-14-29/h1-24H,25-27H2,(H,42,43)(H,44,45)/b38-23-,39-24-. The van der Waals surface area contributed by atoms with E-state index in [1.807, 2.05) is 121 Å². The van der Waals surface area contributed by atoms with Crippen LogP contribution in [0.15, 0.2) is 145 Å². The van der Waals surface area contributed by atoms with Crippen LogP contribution in [0, 0.1) is 0 Å². The molecule has 0 aliphatic carbocycles. The number of ether oxygens (including phenoxy) is 2. The van der Waals surface area contributed by atoms with Gasteiger partial charge in [-0.3, -0.25) is 0 Å². The van der Waals surface area contributed by atoms with Crippen LogP contribution in [0.4, 0.5) is 0 Å². The molecule has 2 N–H and O–H groups in total. The van der Waals surface area contributed by atoms with Gasteiger partial charge in [-0.15, -0.1) is 0 Å². The normalized spacial score (nSPS) is 11.8. The molecule has 0 amide bonds. The molecule has 0 unspecified atom stereocenters. The Kier molecular flexibility index (Phi) is 9.40. The van der Waals surface area contributed by atoms with E-state index in [0.717, 1.165) is 54.9 Å². The number of aliphatic carboxylic acids is 2. The Bertz CT molecular complexity index is 1960. The first-order valence-electron chi connectivity index (χ1n) is 15.2. The van der Waals surface area contributed by atoms with Crippen molar-refractivity contribution in [3.05, 3.63) is 178 Å². The third-order valence-electron chi connectivity index (χ3n) is 8.01. The van der Waals surface area contributed by atoms with E-state index in [4.69, 9.17) is 9.47 Å². The van der Waals surface area contributed by atoms with Gasteiger partial charge in [0, 0.05) is 0 Å². The van der Waals surface area contributed by atoms with Gasteiger partial charge in [-0.25, -0.2) is 9.59 Å². The molecule has 6 aromatic rings. The molecule has 232 valence electrons. The van der Waals surface area contributed by atoms with Crippen molar-refractivity contribution in [1.29, 1.82) is 0 Å². The minimum atomic E-state index is -1.15. The van der Waals surface area contributed by atoms with Gasteiger partial charge < -0.3 is 19.7 Å². The van der Waals surface area contributed by atoms with E-state index >= 15 is 0 Å². The molecule has 0 heterocycles. The van der Waals surface area contributed by atoms with Crippen molar-refractivity contribution in [2.75, 3.05) is 0 Å². The van der Waals surface area contributed by atoms with Gasteiger partial charge in [-0.1, -0.05) is 133 Å². The molecule has 47 heavy (non-hydrogen) atoms. The first-order valence-corrected chi connectivity index (χ1v) is 15.2. The highest BCUT2D eigenvalue weighted by Gasteiger charge is 2.18. The number of benzene rings is 6. The van der Waals surface area contributed by atoms with Crippen LogP contribution in [-0.4, -0.2) is 22.2 Å². The van der Waals surface area contributed by atoms with Gasteiger partial charge >= 0.3 is 11.9 Å². The highest BCUT2D eigenvalue weighted by atomic mass is 16.5. The number of carboxylic acid groups (broad SMARTS) is 2. The largest absolute Gasteiger partial charge is 0.482 e. The molecule has 0 atom stereocenters. The van der Waals surface area contributed by atoms with Crippen LogP contribution < -0.4 is 0 Å². The van der Waals surface area contributed by atoms with E-state index in [-0.39, 0.29) is 24.7 Å². The summed E-state index contributed by atoms with van der Waals surface area (Å²) in [6, 6.07) is 42.5. The Morgan fingerprint density at radius 2 is 0.872 bits per heavy atom. The molecule has 0 saturated carbocycles. The summed E-state index contributed by atoms with van der Waals surface area (Å²) in [5.41, 5.74) is 5.13. The predicted octanol–water partition coefficient (Wildman–Crippen LogP) is 8.87. The SMILES string of the molecule is O=C(O)/C(=C/c1ccccc1)OCc1ccc2ccccc2c1Cc1c(CO/C(=C\c2ccccc2)C(=O)O)ccc2ccccc12. The van der Waals surface area contributed by atoms with Crippen LogP contribution in [0.2, 0.25) is 0 Å². The van der Waals surface area contributed by atoms with E-state index in [0.29, 0.717) is 6.42 Å². The Balaban J connectivity index is 1.39.